The molecular formula is C57H48F2N5O8P. The molecule has 11 rings (SSSR count). The van der Waals surface area contributed by atoms with Crippen LogP contribution in [0.3, 0.4) is 0 Å². The SMILES string of the molecule is COc1ccc(C(Nc2ncnc3c2ncn3[C@@H]2O[C@](F)(COP3(=O)OCc4ccccc4O3)[C@@H](F)[C@H]2OC(c2ccccc2)(c2ccccc2)c2ccc(OC)cc2)(c2ccccc2)c2ccccc2)cc1. The third-order valence-electron chi connectivity index (χ3n) is 13.3. The van der Waals surface area contributed by atoms with Crippen molar-refractivity contribution in [3.05, 3.63) is 246 Å². The molecule has 1 N–H and O–H groups in total. The molecule has 5 atom stereocenters. The second kappa shape index (κ2) is 19.7. The number of para-hydroxylation sites is 1. The predicted molar refractivity (Wildman–Crippen MR) is 270 cm³/mol. The van der Waals surface area contributed by atoms with Crippen molar-refractivity contribution in [2.24, 2.45) is 0 Å². The van der Waals surface area contributed by atoms with Crippen LogP contribution >= 0.6 is 7.82 Å². The molecule has 0 bridgehead atoms. The van der Waals surface area contributed by atoms with Crippen molar-refractivity contribution in [1.82, 2.24) is 19.5 Å². The maximum absolute atomic E-state index is 18.1. The summed E-state index contributed by atoms with van der Waals surface area (Å²) in [5, 5.41) is 3.76. The summed E-state index contributed by atoms with van der Waals surface area (Å²) in [5.74, 6) is -1.57. The van der Waals surface area contributed by atoms with Crippen LogP contribution in [0.4, 0.5) is 14.6 Å². The van der Waals surface area contributed by atoms with Gasteiger partial charge in [-0.15, -0.1) is 0 Å². The third kappa shape index (κ3) is 8.68. The summed E-state index contributed by atoms with van der Waals surface area (Å²) in [4.78, 5) is 14.3. The molecule has 1 fully saturated rings. The Morgan fingerprint density at radius 2 is 1.18 bits per heavy atom. The van der Waals surface area contributed by atoms with E-state index in [-0.39, 0.29) is 23.5 Å². The van der Waals surface area contributed by atoms with Gasteiger partial charge >= 0.3 is 7.82 Å². The fraction of sp³-hybridized carbons (Fsp3) is 0.175. The average molecular weight is 1000 g/mol. The first-order valence-corrected chi connectivity index (χ1v) is 24.9. The van der Waals surface area contributed by atoms with Gasteiger partial charge in [-0.1, -0.05) is 164 Å². The summed E-state index contributed by atoms with van der Waals surface area (Å²) in [5.41, 5.74) is 2.64. The first kappa shape index (κ1) is 47.5. The number of hydrogen-bond donors (Lipinski definition) is 1. The number of rotatable bonds is 16. The Kier molecular flexibility index (Phi) is 12.8. The maximum atomic E-state index is 18.1. The number of nitrogens with zero attached hydrogens (tertiary/aromatic N) is 4. The molecule has 16 heteroatoms. The molecule has 0 radical (unpaired) electrons. The van der Waals surface area contributed by atoms with Gasteiger partial charge in [-0.05, 0) is 63.7 Å². The van der Waals surface area contributed by atoms with Gasteiger partial charge in [-0.2, -0.15) is 0 Å². The summed E-state index contributed by atoms with van der Waals surface area (Å²) in [6.45, 7) is -1.37. The lowest BCUT2D eigenvalue weighted by Crippen LogP contribution is -2.45. The zero-order valence-electron chi connectivity index (χ0n) is 39.5. The van der Waals surface area contributed by atoms with Crippen LogP contribution in [-0.4, -0.2) is 58.5 Å². The van der Waals surface area contributed by atoms with Crippen molar-refractivity contribution in [1.29, 1.82) is 0 Å². The molecule has 1 saturated heterocycles. The lowest BCUT2D eigenvalue weighted by Gasteiger charge is -2.39. The Morgan fingerprint density at radius 1 is 0.671 bits per heavy atom. The van der Waals surface area contributed by atoms with Crippen LogP contribution in [0.15, 0.2) is 207 Å². The molecule has 0 saturated carbocycles. The van der Waals surface area contributed by atoms with E-state index in [1.165, 1.54) is 17.2 Å². The highest BCUT2D eigenvalue weighted by atomic mass is 31.2. The summed E-state index contributed by atoms with van der Waals surface area (Å²) in [6.07, 6.45) is -3.34. The van der Waals surface area contributed by atoms with Crippen molar-refractivity contribution in [3.63, 3.8) is 0 Å². The van der Waals surface area contributed by atoms with E-state index in [0.717, 1.165) is 16.7 Å². The maximum Gasteiger partial charge on any atom is 0.530 e. The number of anilines is 1. The van der Waals surface area contributed by atoms with E-state index in [2.05, 4.69) is 10.3 Å². The van der Waals surface area contributed by atoms with E-state index in [1.807, 2.05) is 158 Å². The van der Waals surface area contributed by atoms with Crippen LogP contribution in [-0.2, 0) is 40.8 Å². The number of benzene rings is 7. The summed E-state index contributed by atoms with van der Waals surface area (Å²) < 4.78 is 93.1. The fourth-order valence-electron chi connectivity index (χ4n) is 9.73. The molecule has 9 aromatic rings. The minimum absolute atomic E-state index is 0.148. The zero-order valence-corrected chi connectivity index (χ0v) is 40.4. The predicted octanol–water partition coefficient (Wildman–Crippen LogP) is 11.9. The van der Waals surface area contributed by atoms with E-state index < -0.39 is 49.9 Å². The smallest absolute Gasteiger partial charge is 0.497 e. The first-order valence-electron chi connectivity index (χ1n) is 23.5. The van der Waals surface area contributed by atoms with Crippen molar-refractivity contribution in [2.75, 3.05) is 26.1 Å². The number of imidazole rings is 1. The molecular weight excluding hydrogens is 952 g/mol. The normalized spacial score (nSPS) is 20.7. The van der Waals surface area contributed by atoms with Gasteiger partial charge in [0, 0.05) is 5.56 Å². The van der Waals surface area contributed by atoms with E-state index in [0.29, 0.717) is 39.6 Å². The standard InChI is InChI=1S/C57H48F2N5O8P/c1-66-46-31-27-42(28-32-46)56(40-18-7-3-8-19-40,41-20-9-4-10-21-41)63-52-49-53(61-37-60-52)64(38-62-49)54-50(51(58)55(59,71-54)36-69-73(65)68-35-39-17-15-16-26-48(39)72-73)70-57(43-22-11-5-12-23-43,44-24-13-6-14-25-44)45-29-33-47(67-2)34-30-45/h3-34,37-38,50-51,54H,35-36H2,1-2H3,(H,60,61,63)/t50-,51+,54-,55-,73?/m1/s1. The number of hydrogen-bond acceptors (Lipinski definition) is 12. The number of aromatic nitrogens is 4. The van der Waals surface area contributed by atoms with Gasteiger partial charge in [0.15, 0.2) is 29.4 Å². The minimum Gasteiger partial charge on any atom is -0.497 e. The van der Waals surface area contributed by atoms with Crippen LogP contribution in [0.1, 0.15) is 45.2 Å². The van der Waals surface area contributed by atoms with Gasteiger partial charge in [0.2, 0.25) is 0 Å². The number of fused-ring (bicyclic) bond motifs is 2. The van der Waals surface area contributed by atoms with Crippen LogP contribution < -0.4 is 19.3 Å². The Morgan fingerprint density at radius 3 is 1.75 bits per heavy atom. The van der Waals surface area contributed by atoms with E-state index in [4.69, 9.17) is 42.5 Å². The first-order chi connectivity index (χ1) is 35.7. The zero-order chi connectivity index (χ0) is 50.0. The van der Waals surface area contributed by atoms with E-state index in [9.17, 15) is 4.57 Å². The number of phosphoric ester groups is 1. The number of phosphoric acid groups is 1. The number of ether oxygens (including phenoxy) is 4. The molecule has 73 heavy (non-hydrogen) atoms. The molecule has 2 aliphatic heterocycles. The second-order valence-corrected chi connectivity index (χ2v) is 19.1. The molecule has 2 aliphatic rings. The highest BCUT2D eigenvalue weighted by Crippen LogP contribution is 2.57. The van der Waals surface area contributed by atoms with Gasteiger partial charge in [-0.25, -0.2) is 28.3 Å². The monoisotopic (exact) mass is 999 g/mol. The summed E-state index contributed by atoms with van der Waals surface area (Å²) >= 11 is 0. The van der Waals surface area contributed by atoms with Crippen LogP contribution in [0, 0.1) is 0 Å². The fourth-order valence-corrected chi connectivity index (χ4v) is 11.0. The Hall–Kier alpha value is -7.78. The number of alkyl halides is 2. The van der Waals surface area contributed by atoms with Gasteiger partial charge in [0.1, 0.15) is 47.4 Å². The molecule has 7 aromatic carbocycles. The van der Waals surface area contributed by atoms with Crippen LogP contribution in [0.5, 0.6) is 17.2 Å². The average Bonchev–Trinajstić information content (AvgIpc) is 4.00. The number of halogens is 2. The van der Waals surface area contributed by atoms with Crippen LogP contribution in [0.2, 0.25) is 0 Å². The molecule has 0 amide bonds. The third-order valence-corrected chi connectivity index (χ3v) is 14.6. The van der Waals surface area contributed by atoms with Crippen LogP contribution in [0.25, 0.3) is 11.2 Å². The molecule has 2 aromatic heterocycles. The Balaban J connectivity index is 1.06. The quantitative estimate of drug-likeness (QED) is 0.0728. The highest BCUT2D eigenvalue weighted by molar-refractivity contribution is 7.49. The van der Waals surface area contributed by atoms with E-state index >= 15 is 8.78 Å². The lowest BCUT2D eigenvalue weighted by molar-refractivity contribution is -0.194. The molecule has 0 aliphatic carbocycles. The highest BCUT2D eigenvalue weighted by Gasteiger charge is 2.62. The van der Waals surface area contributed by atoms with Gasteiger partial charge in [0.25, 0.3) is 5.85 Å². The lowest BCUT2D eigenvalue weighted by atomic mass is 9.77. The molecule has 1 unspecified atom stereocenters. The largest absolute Gasteiger partial charge is 0.530 e. The van der Waals surface area contributed by atoms with Crippen molar-refractivity contribution >= 4 is 24.8 Å². The molecule has 13 nitrogen and oxygen atoms in total. The second-order valence-electron chi connectivity index (χ2n) is 17.5. The summed E-state index contributed by atoms with van der Waals surface area (Å²) in [7, 11) is -1.33. The summed E-state index contributed by atoms with van der Waals surface area (Å²) in [6, 6.07) is 60.0. The molecule has 368 valence electrons. The molecule has 4 heterocycles. The molecule has 0 spiro atoms. The Labute approximate surface area is 419 Å². The van der Waals surface area contributed by atoms with Gasteiger partial charge < -0.3 is 28.8 Å². The minimum atomic E-state index is -4.50. The topological polar surface area (TPSA) is 137 Å². The Bertz CT molecular complexity index is 3300. The van der Waals surface area contributed by atoms with Crippen molar-refractivity contribution < 1.29 is 45.9 Å². The van der Waals surface area contributed by atoms with Gasteiger partial charge in [0.05, 0.1) is 27.2 Å². The van der Waals surface area contributed by atoms with Crippen molar-refractivity contribution in [2.45, 2.75) is 42.1 Å². The van der Waals surface area contributed by atoms with Crippen molar-refractivity contribution in [3.8, 4) is 17.2 Å². The number of nitrogens with one attached hydrogen (secondary N) is 1. The van der Waals surface area contributed by atoms with E-state index in [1.54, 1.807) is 50.6 Å². The van der Waals surface area contributed by atoms with Gasteiger partial charge in [-0.3, -0.25) is 13.6 Å². The number of methoxy groups -OCH3 is 2.